The minimum absolute atomic E-state index is 0.101. The molecule has 19 heavy (non-hydrogen) atoms. The smallest absolute Gasteiger partial charge is 0.244 e. The lowest BCUT2D eigenvalue weighted by molar-refractivity contribution is 0.372. The predicted molar refractivity (Wildman–Crippen MR) is 66.1 cm³/mol. The van der Waals surface area contributed by atoms with Gasteiger partial charge in [-0.25, -0.2) is 8.42 Å². The molecular formula is C11H15N3O4S. The average Bonchev–Trinajstić information content (AvgIpc) is 2.89. The molecule has 0 amide bonds. The molecule has 0 saturated heterocycles. The Hall–Kier alpha value is -1.70. The zero-order valence-electron chi connectivity index (χ0n) is 11.2. The van der Waals surface area contributed by atoms with E-state index < -0.39 is 15.1 Å². The molecule has 0 radical (unpaired) electrons. The second kappa shape index (κ2) is 4.76. The van der Waals surface area contributed by atoms with Crippen LogP contribution in [0.15, 0.2) is 9.05 Å². The molecule has 2 aromatic rings. The molecule has 0 saturated carbocycles. The fourth-order valence-electron chi connectivity index (χ4n) is 1.67. The zero-order chi connectivity index (χ0) is 14.2. The summed E-state index contributed by atoms with van der Waals surface area (Å²) >= 11 is 0. The molecule has 8 heteroatoms. The van der Waals surface area contributed by atoms with Gasteiger partial charge >= 0.3 is 0 Å². The van der Waals surface area contributed by atoms with Crippen LogP contribution in [0.2, 0.25) is 0 Å². The van der Waals surface area contributed by atoms with Gasteiger partial charge in [-0.1, -0.05) is 10.3 Å². The van der Waals surface area contributed by atoms with Gasteiger partial charge in [-0.05, 0) is 27.7 Å². The summed E-state index contributed by atoms with van der Waals surface area (Å²) in [5, 5.41) is 6.49. The van der Waals surface area contributed by atoms with Crippen LogP contribution in [0.25, 0.3) is 0 Å². The molecule has 0 aliphatic rings. The van der Waals surface area contributed by atoms with Crippen molar-refractivity contribution in [3.8, 4) is 0 Å². The number of hydrogen-bond donors (Lipinski definition) is 0. The van der Waals surface area contributed by atoms with Gasteiger partial charge in [0, 0.05) is 5.56 Å². The largest absolute Gasteiger partial charge is 0.361 e. The Morgan fingerprint density at radius 3 is 2.32 bits per heavy atom. The number of nitrogens with zero attached hydrogens (tertiary/aromatic N) is 3. The molecule has 0 spiro atoms. The fraction of sp³-hybridized carbons (Fsp3) is 0.545. The van der Waals surface area contributed by atoms with Crippen LogP contribution in [0.5, 0.6) is 0 Å². The van der Waals surface area contributed by atoms with Gasteiger partial charge in [-0.2, -0.15) is 4.98 Å². The fourth-order valence-corrected chi connectivity index (χ4v) is 3.13. The summed E-state index contributed by atoms with van der Waals surface area (Å²) in [5.41, 5.74) is 1.16. The number of rotatable bonds is 4. The number of sulfone groups is 1. The maximum absolute atomic E-state index is 12.3. The Balaban J connectivity index is 2.28. The van der Waals surface area contributed by atoms with Crippen molar-refractivity contribution in [1.82, 2.24) is 15.3 Å². The van der Waals surface area contributed by atoms with Crippen molar-refractivity contribution in [2.24, 2.45) is 0 Å². The summed E-state index contributed by atoms with van der Waals surface area (Å²) in [7, 11) is -3.46. The highest BCUT2D eigenvalue weighted by Gasteiger charge is 2.30. The Morgan fingerprint density at radius 1 is 1.16 bits per heavy atom. The standard InChI is InChI=1S/C11H15N3O4S/c1-6-10(7(2)17-13-6)5-19(15,16)8(3)11-12-9(4)14-18-11/h8H,5H2,1-4H3/t8-/m1/s1. The molecule has 2 aromatic heterocycles. The molecule has 2 rings (SSSR count). The van der Waals surface area contributed by atoms with Crippen molar-refractivity contribution in [2.45, 2.75) is 38.7 Å². The van der Waals surface area contributed by atoms with Crippen LogP contribution in [-0.2, 0) is 15.6 Å². The Bertz CT molecular complexity index is 667. The molecule has 0 aromatic carbocycles. The average molecular weight is 285 g/mol. The van der Waals surface area contributed by atoms with E-state index in [0.717, 1.165) is 0 Å². The van der Waals surface area contributed by atoms with E-state index in [9.17, 15) is 8.42 Å². The zero-order valence-corrected chi connectivity index (χ0v) is 12.0. The summed E-state index contributed by atoms with van der Waals surface area (Å²) in [6, 6.07) is 0. The first-order valence-corrected chi connectivity index (χ1v) is 7.46. The van der Waals surface area contributed by atoms with Gasteiger partial charge in [0.15, 0.2) is 15.7 Å². The lowest BCUT2D eigenvalue weighted by Gasteiger charge is -2.08. The predicted octanol–water partition coefficient (Wildman–Crippen LogP) is 1.66. The highest BCUT2D eigenvalue weighted by atomic mass is 32.2. The molecule has 7 nitrogen and oxygen atoms in total. The van der Waals surface area contributed by atoms with E-state index in [2.05, 4.69) is 15.3 Å². The monoisotopic (exact) mass is 285 g/mol. The summed E-state index contributed by atoms with van der Waals surface area (Å²) in [5.74, 6) is 0.866. The number of hydrogen-bond acceptors (Lipinski definition) is 7. The molecule has 0 bridgehead atoms. The van der Waals surface area contributed by atoms with E-state index in [1.165, 1.54) is 6.92 Å². The molecule has 0 aliphatic carbocycles. The van der Waals surface area contributed by atoms with Crippen LogP contribution in [0, 0.1) is 20.8 Å². The number of aryl methyl sites for hydroxylation is 3. The molecule has 0 unspecified atom stereocenters. The van der Waals surface area contributed by atoms with Crippen LogP contribution in [0.3, 0.4) is 0 Å². The van der Waals surface area contributed by atoms with E-state index in [1.54, 1.807) is 20.8 Å². The van der Waals surface area contributed by atoms with Gasteiger partial charge in [0.05, 0.1) is 11.4 Å². The molecule has 0 fully saturated rings. The molecule has 0 aliphatic heterocycles. The Kier molecular flexibility index (Phi) is 3.44. The first-order valence-electron chi connectivity index (χ1n) is 5.75. The molecule has 104 valence electrons. The van der Waals surface area contributed by atoms with Crippen LogP contribution in [0.1, 0.15) is 40.9 Å². The van der Waals surface area contributed by atoms with E-state index in [4.69, 9.17) is 9.05 Å². The third-order valence-corrected chi connectivity index (χ3v) is 4.93. The normalized spacial score (nSPS) is 13.7. The van der Waals surface area contributed by atoms with E-state index >= 15 is 0 Å². The van der Waals surface area contributed by atoms with Crippen LogP contribution in [0.4, 0.5) is 0 Å². The highest BCUT2D eigenvalue weighted by molar-refractivity contribution is 7.90. The minimum atomic E-state index is -3.46. The minimum Gasteiger partial charge on any atom is -0.361 e. The first kappa shape index (κ1) is 13.7. The molecule has 1 atom stereocenters. The van der Waals surface area contributed by atoms with Crippen molar-refractivity contribution in [3.05, 3.63) is 28.7 Å². The van der Waals surface area contributed by atoms with Crippen molar-refractivity contribution >= 4 is 9.84 Å². The van der Waals surface area contributed by atoms with Gasteiger partial charge < -0.3 is 9.05 Å². The van der Waals surface area contributed by atoms with Crippen molar-refractivity contribution < 1.29 is 17.5 Å². The summed E-state index contributed by atoms with van der Waals surface area (Å²) in [6.07, 6.45) is 0. The lowest BCUT2D eigenvalue weighted by atomic mass is 10.2. The quantitative estimate of drug-likeness (QED) is 0.842. The molecule has 2 heterocycles. The first-order chi connectivity index (χ1) is 8.81. The van der Waals surface area contributed by atoms with Crippen LogP contribution in [-0.4, -0.2) is 23.7 Å². The Labute approximate surface area is 110 Å². The van der Waals surface area contributed by atoms with Gasteiger partial charge in [-0.3, -0.25) is 0 Å². The maximum Gasteiger partial charge on any atom is 0.244 e. The third kappa shape index (κ3) is 2.67. The van der Waals surface area contributed by atoms with Gasteiger partial charge in [0.1, 0.15) is 11.0 Å². The van der Waals surface area contributed by atoms with Gasteiger partial charge in [0.2, 0.25) is 5.89 Å². The maximum atomic E-state index is 12.3. The highest BCUT2D eigenvalue weighted by Crippen LogP contribution is 2.26. The van der Waals surface area contributed by atoms with Crippen LogP contribution >= 0.6 is 0 Å². The van der Waals surface area contributed by atoms with Crippen molar-refractivity contribution in [1.29, 1.82) is 0 Å². The van der Waals surface area contributed by atoms with Crippen molar-refractivity contribution in [3.63, 3.8) is 0 Å². The van der Waals surface area contributed by atoms with E-state index in [-0.39, 0.29) is 11.6 Å². The van der Waals surface area contributed by atoms with Gasteiger partial charge in [0.25, 0.3) is 0 Å². The number of aromatic nitrogens is 3. The summed E-state index contributed by atoms with van der Waals surface area (Å²) < 4.78 is 34.5. The lowest BCUT2D eigenvalue weighted by Crippen LogP contribution is -2.14. The second-order valence-electron chi connectivity index (χ2n) is 4.43. The SMILES string of the molecule is Cc1noc([C@@H](C)S(=O)(=O)Cc2c(C)noc2C)n1. The van der Waals surface area contributed by atoms with E-state index in [1.807, 2.05) is 0 Å². The summed E-state index contributed by atoms with van der Waals surface area (Å²) in [4.78, 5) is 3.96. The summed E-state index contributed by atoms with van der Waals surface area (Å²) in [6.45, 7) is 6.57. The Morgan fingerprint density at radius 2 is 1.84 bits per heavy atom. The van der Waals surface area contributed by atoms with Crippen molar-refractivity contribution in [2.75, 3.05) is 0 Å². The van der Waals surface area contributed by atoms with Gasteiger partial charge in [-0.15, -0.1) is 0 Å². The topological polar surface area (TPSA) is 99.1 Å². The molecular weight excluding hydrogens is 270 g/mol. The third-order valence-electron chi connectivity index (χ3n) is 2.96. The van der Waals surface area contributed by atoms with Crippen LogP contribution < -0.4 is 0 Å². The van der Waals surface area contributed by atoms with E-state index in [0.29, 0.717) is 22.8 Å². The second-order valence-corrected chi connectivity index (χ2v) is 6.75. The molecule has 0 N–H and O–H groups in total.